The first-order valence-electron chi connectivity index (χ1n) is 7.88. The molecule has 2 aliphatic rings. The molecule has 0 aromatic rings. The van der Waals surface area contributed by atoms with Gasteiger partial charge in [-0.05, 0) is 19.3 Å². The van der Waals surface area contributed by atoms with Crippen LogP contribution in [0.25, 0.3) is 0 Å². The van der Waals surface area contributed by atoms with E-state index in [4.69, 9.17) is 4.74 Å². The van der Waals surface area contributed by atoms with Crippen molar-refractivity contribution in [3.05, 3.63) is 0 Å². The Morgan fingerprint density at radius 2 is 1.85 bits per heavy atom. The predicted octanol–water partition coefficient (Wildman–Crippen LogP) is 2.05. The number of likely N-dealkylation sites (tertiary alicyclic amines) is 2. The van der Waals surface area contributed by atoms with Crippen molar-refractivity contribution in [1.29, 1.82) is 0 Å². The molecule has 2 fully saturated rings. The summed E-state index contributed by atoms with van der Waals surface area (Å²) in [7, 11) is 0. The summed E-state index contributed by atoms with van der Waals surface area (Å²) in [6, 6.07) is 0.530. The number of unbranched alkanes of at least 4 members (excludes halogenated alkanes) is 1. The van der Waals surface area contributed by atoms with Crippen molar-refractivity contribution in [1.82, 2.24) is 9.80 Å². The molecule has 5 heteroatoms. The Labute approximate surface area is 121 Å². The lowest BCUT2D eigenvalue weighted by Crippen LogP contribution is -2.49. The minimum atomic E-state index is -0.161. The van der Waals surface area contributed by atoms with E-state index >= 15 is 0 Å². The molecule has 0 aromatic heterocycles. The van der Waals surface area contributed by atoms with Gasteiger partial charge in [0.1, 0.15) is 5.78 Å². The van der Waals surface area contributed by atoms with Crippen LogP contribution in [-0.2, 0) is 9.53 Å². The van der Waals surface area contributed by atoms with E-state index in [1.807, 2.05) is 4.90 Å². The summed E-state index contributed by atoms with van der Waals surface area (Å²) in [6.45, 7) is 5.96. The van der Waals surface area contributed by atoms with Crippen molar-refractivity contribution in [3.8, 4) is 0 Å². The molecular formula is C15H26N2O3. The van der Waals surface area contributed by atoms with Gasteiger partial charge in [-0.2, -0.15) is 0 Å². The summed E-state index contributed by atoms with van der Waals surface area (Å²) in [5.41, 5.74) is 0. The van der Waals surface area contributed by atoms with Gasteiger partial charge in [-0.3, -0.25) is 9.69 Å². The number of piperidine rings is 2. The number of rotatable bonds is 4. The molecule has 2 rings (SSSR count). The van der Waals surface area contributed by atoms with E-state index in [0.717, 1.165) is 51.9 Å². The van der Waals surface area contributed by atoms with Gasteiger partial charge in [-0.15, -0.1) is 0 Å². The number of ketones is 1. The van der Waals surface area contributed by atoms with Gasteiger partial charge in [0.2, 0.25) is 0 Å². The van der Waals surface area contributed by atoms with Crippen LogP contribution >= 0.6 is 0 Å². The van der Waals surface area contributed by atoms with Crippen molar-refractivity contribution in [2.24, 2.45) is 0 Å². The van der Waals surface area contributed by atoms with Gasteiger partial charge in [0, 0.05) is 45.1 Å². The molecule has 0 spiro atoms. The van der Waals surface area contributed by atoms with Crippen LogP contribution in [0, 0.1) is 0 Å². The standard InChI is InChI=1S/C15H26N2O3/c1-2-3-12-20-15(19)17-8-4-13(5-9-17)16-10-6-14(18)7-11-16/h13H,2-12H2,1H3. The molecule has 1 amide bonds. The SMILES string of the molecule is CCCCOC(=O)N1CCC(N2CCC(=O)CC2)CC1. The van der Waals surface area contributed by atoms with Gasteiger partial charge in [-0.25, -0.2) is 4.79 Å². The zero-order valence-corrected chi connectivity index (χ0v) is 12.5. The summed E-state index contributed by atoms with van der Waals surface area (Å²) in [5, 5.41) is 0. The fraction of sp³-hybridized carbons (Fsp3) is 0.867. The molecule has 0 atom stereocenters. The molecule has 0 bridgehead atoms. The van der Waals surface area contributed by atoms with Gasteiger partial charge in [0.15, 0.2) is 0 Å². The summed E-state index contributed by atoms with van der Waals surface area (Å²) < 4.78 is 5.25. The number of ether oxygens (including phenoxy) is 1. The molecule has 2 heterocycles. The molecule has 114 valence electrons. The highest BCUT2D eigenvalue weighted by Crippen LogP contribution is 2.20. The minimum Gasteiger partial charge on any atom is -0.449 e. The average molecular weight is 282 g/mol. The van der Waals surface area contributed by atoms with Crippen LogP contribution in [0.3, 0.4) is 0 Å². The second kappa shape index (κ2) is 7.62. The van der Waals surface area contributed by atoms with Crippen LogP contribution in [0.15, 0.2) is 0 Å². The van der Waals surface area contributed by atoms with E-state index in [2.05, 4.69) is 11.8 Å². The maximum atomic E-state index is 11.8. The molecule has 0 aromatic carbocycles. The fourth-order valence-corrected chi connectivity index (χ4v) is 2.95. The zero-order chi connectivity index (χ0) is 14.4. The summed E-state index contributed by atoms with van der Waals surface area (Å²) in [4.78, 5) is 27.3. The van der Waals surface area contributed by atoms with Gasteiger partial charge in [0.05, 0.1) is 6.61 Å². The number of hydrogen-bond donors (Lipinski definition) is 0. The molecule has 0 radical (unpaired) electrons. The summed E-state index contributed by atoms with van der Waals surface area (Å²) in [6.07, 6.45) is 5.20. The second-order valence-corrected chi connectivity index (χ2v) is 5.76. The lowest BCUT2D eigenvalue weighted by molar-refractivity contribution is -0.122. The molecular weight excluding hydrogens is 256 g/mol. The van der Waals surface area contributed by atoms with Gasteiger partial charge in [-0.1, -0.05) is 13.3 Å². The lowest BCUT2D eigenvalue weighted by atomic mass is 10.00. The van der Waals surface area contributed by atoms with Crippen LogP contribution in [0.1, 0.15) is 45.4 Å². The van der Waals surface area contributed by atoms with Crippen molar-refractivity contribution < 1.29 is 14.3 Å². The maximum Gasteiger partial charge on any atom is 0.409 e. The van der Waals surface area contributed by atoms with Crippen LogP contribution in [0.4, 0.5) is 4.79 Å². The summed E-state index contributed by atoms with van der Waals surface area (Å²) in [5.74, 6) is 0.387. The van der Waals surface area contributed by atoms with Crippen molar-refractivity contribution in [2.45, 2.75) is 51.5 Å². The third-order valence-electron chi connectivity index (χ3n) is 4.32. The van der Waals surface area contributed by atoms with Crippen molar-refractivity contribution >= 4 is 11.9 Å². The Morgan fingerprint density at radius 1 is 1.20 bits per heavy atom. The quantitative estimate of drug-likeness (QED) is 0.741. The van der Waals surface area contributed by atoms with Crippen LogP contribution < -0.4 is 0 Å². The van der Waals surface area contributed by atoms with Crippen molar-refractivity contribution in [3.63, 3.8) is 0 Å². The highest BCUT2D eigenvalue weighted by atomic mass is 16.6. The topological polar surface area (TPSA) is 49.9 Å². The Bertz CT molecular complexity index is 328. The number of carbonyl (C=O) groups is 2. The first kappa shape index (κ1) is 15.3. The molecule has 0 saturated carbocycles. The number of Topliss-reactive ketones (excluding diaryl/α,β-unsaturated/α-hetero) is 1. The molecule has 0 N–H and O–H groups in total. The minimum absolute atomic E-state index is 0.161. The number of nitrogens with zero attached hydrogens (tertiary/aromatic N) is 2. The van der Waals surface area contributed by atoms with Crippen LogP contribution in [0.5, 0.6) is 0 Å². The molecule has 0 aliphatic carbocycles. The average Bonchev–Trinajstić information content (AvgIpc) is 2.48. The Balaban J connectivity index is 1.69. The highest BCUT2D eigenvalue weighted by Gasteiger charge is 2.29. The van der Waals surface area contributed by atoms with Crippen molar-refractivity contribution in [2.75, 3.05) is 32.8 Å². The third-order valence-corrected chi connectivity index (χ3v) is 4.32. The van der Waals surface area contributed by atoms with Gasteiger partial charge >= 0.3 is 6.09 Å². The van der Waals surface area contributed by atoms with E-state index in [1.165, 1.54) is 0 Å². The molecule has 2 aliphatic heterocycles. The maximum absolute atomic E-state index is 11.8. The fourth-order valence-electron chi connectivity index (χ4n) is 2.95. The van der Waals surface area contributed by atoms with Crippen LogP contribution in [-0.4, -0.2) is 60.5 Å². The Hall–Kier alpha value is -1.10. The zero-order valence-electron chi connectivity index (χ0n) is 12.5. The van der Waals surface area contributed by atoms with E-state index in [1.54, 1.807) is 0 Å². The highest BCUT2D eigenvalue weighted by molar-refractivity contribution is 5.79. The van der Waals surface area contributed by atoms with Gasteiger partial charge < -0.3 is 9.64 Å². The molecule has 5 nitrogen and oxygen atoms in total. The first-order valence-corrected chi connectivity index (χ1v) is 7.88. The third kappa shape index (κ3) is 4.20. The molecule has 0 unspecified atom stereocenters. The summed E-state index contributed by atoms with van der Waals surface area (Å²) >= 11 is 0. The van der Waals surface area contributed by atoms with E-state index in [9.17, 15) is 9.59 Å². The molecule has 2 saturated heterocycles. The van der Waals surface area contributed by atoms with Gasteiger partial charge in [0.25, 0.3) is 0 Å². The van der Waals surface area contributed by atoms with E-state index < -0.39 is 0 Å². The molecule has 20 heavy (non-hydrogen) atoms. The lowest BCUT2D eigenvalue weighted by Gasteiger charge is -2.39. The Morgan fingerprint density at radius 3 is 2.45 bits per heavy atom. The predicted molar refractivity (Wildman–Crippen MR) is 76.7 cm³/mol. The Kier molecular flexibility index (Phi) is 5.83. The number of hydrogen-bond acceptors (Lipinski definition) is 4. The van der Waals surface area contributed by atoms with E-state index in [-0.39, 0.29) is 6.09 Å². The van der Waals surface area contributed by atoms with Crippen LogP contribution in [0.2, 0.25) is 0 Å². The monoisotopic (exact) mass is 282 g/mol. The first-order chi connectivity index (χ1) is 9.70. The normalized spacial score (nSPS) is 22.1. The smallest absolute Gasteiger partial charge is 0.409 e. The second-order valence-electron chi connectivity index (χ2n) is 5.76. The largest absolute Gasteiger partial charge is 0.449 e. The number of amides is 1. The van der Waals surface area contributed by atoms with E-state index in [0.29, 0.717) is 31.3 Å². The number of carbonyl (C=O) groups excluding carboxylic acids is 2.